The molecule has 0 fully saturated rings. The van der Waals surface area contributed by atoms with Gasteiger partial charge in [-0.15, -0.1) is 0 Å². The van der Waals surface area contributed by atoms with E-state index >= 15 is 0 Å². The number of ether oxygens (including phenoxy) is 7. The number of carbonyl (C=O) groups excluding carboxylic acids is 1. The Hall–Kier alpha value is -1.30. The highest BCUT2D eigenvalue weighted by Crippen LogP contribution is 2.02. The molecule has 0 atom stereocenters. The van der Waals surface area contributed by atoms with Crippen LogP contribution in [0, 0.1) is 0 Å². The maximum Gasteiger partial charge on any atom is 0.305 e. The molecule has 0 saturated carbocycles. The van der Waals surface area contributed by atoms with Crippen molar-refractivity contribution in [2.45, 2.75) is 64.7 Å². The van der Waals surface area contributed by atoms with E-state index in [1.165, 1.54) is 25.7 Å². The lowest BCUT2D eigenvalue weighted by molar-refractivity contribution is -0.146. The van der Waals surface area contributed by atoms with Crippen LogP contribution in [0.15, 0.2) is 0 Å². The molecule has 10 heteroatoms. The molecule has 0 rings (SSSR count). The Bertz CT molecular complexity index is 462. The summed E-state index contributed by atoms with van der Waals surface area (Å²) in [6.45, 7) is 8.63. The number of rotatable bonds is 29. The fourth-order valence-corrected chi connectivity index (χ4v) is 2.84. The van der Waals surface area contributed by atoms with Crippen molar-refractivity contribution >= 4 is 11.9 Å². The predicted octanol–water partition coefficient (Wildman–Crippen LogP) is 3.24. The van der Waals surface area contributed by atoms with Crippen molar-refractivity contribution in [3.05, 3.63) is 0 Å². The van der Waals surface area contributed by atoms with Gasteiger partial charge in [-0.3, -0.25) is 9.59 Å². The first kappa shape index (κ1) is 33.7. The second-order valence-electron chi connectivity index (χ2n) is 7.91. The van der Waals surface area contributed by atoms with Crippen molar-refractivity contribution in [1.82, 2.24) is 0 Å². The van der Waals surface area contributed by atoms with Crippen molar-refractivity contribution in [2.75, 3.05) is 85.9 Å². The number of carbonyl (C=O) groups is 2. The van der Waals surface area contributed by atoms with Gasteiger partial charge in [0.2, 0.25) is 0 Å². The molecule has 208 valence electrons. The van der Waals surface area contributed by atoms with Gasteiger partial charge in [-0.05, 0) is 19.3 Å². The van der Waals surface area contributed by atoms with Crippen LogP contribution in [0.4, 0.5) is 0 Å². The van der Waals surface area contributed by atoms with Crippen LogP contribution in [0.1, 0.15) is 64.7 Å². The normalized spacial score (nSPS) is 11.1. The third-order valence-corrected chi connectivity index (χ3v) is 4.76. The largest absolute Gasteiger partial charge is 0.481 e. The van der Waals surface area contributed by atoms with Crippen LogP contribution in [0.2, 0.25) is 0 Å². The van der Waals surface area contributed by atoms with Crippen LogP contribution in [0.5, 0.6) is 0 Å². The molecule has 0 aliphatic rings. The second-order valence-corrected chi connectivity index (χ2v) is 7.91. The van der Waals surface area contributed by atoms with E-state index in [9.17, 15) is 9.59 Å². The van der Waals surface area contributed by atoms with E-state index in [1.807, 2.05) is 0 Å². The first-order valence-corrected chi connectivity index (χ1v) is 13.0. The van der Waals surface area contributed by atoms with E-state index in [0.29, 0.717) is 85.5 Å². The van der Waals surface area contributed by atoms with E-state index in [0.717, 1.165) is 13.0 Å². The summed E-state index contributed by atoms with van der Waals surface area (Å²) >= 11 is 0. The van der Waals surface area contributed by atoms with Gasteiger partial charge in [-0.25, -0.2) is 0 Å². The molecule has 0 aliphatic carbocycles. The summed E-state index contributed by atoms with van der Waals surface area (Å²) < 4.78 is 37.6. The van der Waals surface area contributed by atoms with Gasteiger partial charge in [0.05, 0.1) is 72.7 Å². The van der Waals surface area contributed by atoms with Gasteiger partial charge in [0.15, 0.2) is 0 Å². The number of hydrogen-bond acceptors (Lipinski definition) is 9. The van der Waals surface area contributed by atoms with Crippen LogP contribution in [0.25, 0.3) is 0 Å². The Labute approximate surface area is 210 Å². The minimum atomic E-state index is -0.855. The molecule has 1 N–H and O–H groups in total. The molecule has 35 heavy (non-hydrogen) atoms. The summed E-state index contributed by atoms with van der Waals surface area (Å²) in [6.07, 6.45) is 7.52. The van der Waals surface area contributed by atoms with Crippen LogP contribution >= 0.6 is 0 Å². The van der Waals surface area contributed by atoms with Gasteiger partial charge in [0.1, 0.15) is 6.61 Å². The fourth-order valence-electron chi connectivity index (χ4n) is 2.84. The van der Waals surface area contributed by atoms with E-state index in [1.54, 1.807) is 0 Å². The number of aliphatic carboxylic acids is 1. The van der Waals surface area contributed by atoms with Gasteiger partial charge in [0.25, 0.3) is 0 Å². The summed E-state index contributed by atoms with van der Waals surface area (Å²) in [6, 6.07) is 0. The van der Waals surface area contributed by atoms with Crippen LogP contribution in [0.3, 0.4) is 0 Å². The van der Waals surface area contributed by atoms with Crippen molar-refractivity contribution in [3.63, 3.8) is 0 Å². The number of hydrogen-bond donors (Lipinski definition) is 1. The Kier molecular flexibility index (Phi) is 27.9. The molecular formula is C25H48O10. The molecule has 0 saturated heterocycles. The number of unbranched alkanes of at least 4 members (excludes halogenated alkanes) is 5. The second kappa shape index (κ2) is 28.9. The summed E-state index contributed by atoms with van der Waals surface area (Å²) in [7, 11) is 0. The monoisotopic (exact) mass is 508 g/mol. The van der Waals surface area contributed by atoms with E-state index < -0.39 is 5.97 Å². The Morgan fingerprint density at radius 1 is 0.486 bits per heavy atom. The third-order valence-electron chi connectivity index (χ3n) is 4.76. The molecule has 0 aromatic rings. The molecule has 0 bridgehead atoms. The zero-order valence-electron chi connectivity index (χ0n) is 21.7. The topological polar surface area (TPSA) is 119 Å². The van der Waals surface area contributed by atoms with Gasteiger partial charge in [0, 0.05) is 19.4 Å². The maximum absolute atomic E-state index is 11.4. The van der Waals surface area contributed by atoms with E-state index in [2.05, 4.69) is 6.92 Å². The van der Waals surface area contributed by atoms with Gasteiger partial charge < -0.3 is 38.3 Å². The third kappa shape index (κ3) is 30.7. The first-order chi connectivity index (χ1) is 17.2. The highest BCUT2D eigenvalue weighted by atomic mass is 16.6. The molecule has 0 radical (unpaired) electrons. The molecule has 0 aliphatic heterocycles. The average Bonchev–Trinajstić information content (AvgIpc) is 2.84. The minimum Gasteiger partial charge on any atom is -0.481 e. The fraction of sp³-hybridized carbons (Fsp3) is 0.920. The molecule has 10 nitrogen and oxygen atoms in total. The van der Waals surface area contributed by atoms with Crippen LogP contribution < -0.4 is 0 Å². The van der Waals surface area contributed by atoms with Gasteiger partial charge in [-0.2, -0.15) is 0 Å². The summed E-state index contributed by atoms with van der Waals surface area (Å²) in [5.41, 5.74) is 0. The maximum atomic E-state index is 11.4. The molecule has 0 unspecified atom stereocenters. The molecule has 0 heterocycles. The summed E-state index contributed by atoms with van der Waals surface area (Å²) in [4.78, 5) is 21.8. The standard InChI is InChI=1S/C25H48O10/c1-2-3-4-5-8-11-29-12-13-30-14-15-31-16-17-32-18-19-33-20-21-34-22-23-35-25(28)10-7-6-9-24(26)27/h2-23H2,1H3,(H,26,27). The smallest absolute Gasteiger partial charge is 0.305 e. The SMILES string of the molecule is CCCCCCCOCCOCCOCCOCCOCCOCCOC(=O)CCCCC(=O)O. The highest BCUT2D eigenvalue weighted by molar-refractivity contribution is 5.69. The van der Waals surface area contributed by atoms with Crippen molar-refractivity contribution in [3.8, 4) is 0 Å². The molecule has 0 amide bonds. The molecular weight excluding hydrogens is 460 g/mol. The zero-order chi connectivity index (χ0) is 25.7. The zero-order valence-corrected chi connectivity index (χ0v) is 21.7. The number of carboxylic acid groups (broad SMARTS) is 1. The van der Waals surface area contributed by atoms with Crippen molar-refractivity contribution < 1.29 is 47.9 Å². The average molecular weight is 509 g/mol. The molecule has 0 aromatic heterocycles. The van der Waals surface area contributed by atoms with E-state index in [-0.39, 0.29) is 25.4 Å². The predicted molar refractivity (Wildman–Crippen MR) is 131 cm³/mol. The number of esters is 1. The van der Waals surface area contributed by atoms with Crippen LogP contribution in [-0.2, 0) is 42.7 Å². The van der Waals surface area contributed by atoms with Gasteiger partial charge >= 0.3 is 11.9 Å². The van der Waals surface area contributed by atoms with Crippen molar-refractivity contribution in [1.29, 1.82) is 0 Å². The quantitative estimate of drug-likeness (QED) is 0.119. The Balaban J connectivity index is 3.10. The summed E-state index contributed by atoms with van der Waals surface area (Å²) in [5, 5.41) is 8.52. The first-order valence-electron chi connectivity index (χ1n) is 13.0. The Morgan fingerprint density at radius 3 is 1.34 bits per heavy atom. The minimum absolute atomic E-state index is 0.0701. The number of carboxylic acids is 1. The lowest BCUT2D eigenvalue weighted by atomic mass is 10.2. The van der Waals surface area contributed by atoms with Crippen molar-refractivity contribution in [2.24, 2.45) is 0 Å². The van der Waals surface area contributed by atoms with Crippen LogP contribution in [-0.4, -0.2) is 103 Å². The summed E-state index contributed by atoms with van der Waals surface area (Å²) in [5.74, 6) is -1.19. The van der Waals surface area contributed by atoms with Gasteiger partial charge in [-0.1, -0.05) is 32.6 Å². The molecule has 0 aromatic carbocycles. The molecule has 0 spiro atoms. The Morgan fingerprint density at radius 2 is 0.886 bits per heavy atom. The highest BCUT2D eigenvalue weighted by Gasteiger charge is 2.04. The lowest BCUT2D eigenvalue weighted by Gasteiger charge is -2.08. The van der Waals surface area contributed by atoms with E-state index in [4.69, 9.17) is 38.3 Å². The lowest BCUT2D eigenvalue weighted by Crippen LogP contribution is -2.15.